The molecule has 0 fully saturated rings. The van der Waals surface area contributed by atoms with Crippen molar-refractivity contribution in [1.29, 1.82) is 0 Å². The van der Waals surface area contributed by atoms with Crippen molar-refractivity contribution in [2.45, 2.75) is 13.3 Å². The van der Waals surface area contributed by atoms with Gasteiger partial charge in [0.2, 0.25) is 5.91 Å². The number of nitrogens with one attached hydrogen (secondary N) is 2. The van der Waals surface area contributed by atoms with Gasteiger partial charge in [-0.1, -0.05) is 34.1 Å². The van der Waals surface area contributed by atoms with E-state index in [4.69, 9.17) is 4.74 Å². The lowest BCUT2D eigenvalue weighted by molar-refractivity contribution is -0.118. The van der Waals surface area contributed by atoms with Crippen molar-refractivity contribution < 1.29 is 9.53 Å². The van der Waals surface area contributed by atoms with Crippen LogP contribution in [0, 0.1) is 0 Å². The van der Waals surface area contributed by atoms with Crippen LogP contribution in [0.2, 0.25) is 0 Å². The molecular weight excluding hydrogens is 432 g/mol. The quantitative estimate of drug-likeness (QED) is 0.489. The number of hydrogen-bond donors (Lipinski definition) is 2. The molecule has 7 heteroatoms. The number of hydrogen-bond acceptors (Lipinski definition) is 5. The van der Waals surface area contributed by atoms with Crippen molar-refractivity contribution in [3.8, 4) is 5.75 Å². The zero-order valence-electron chi connectivity index (χ0n) is 16.4. The maximum atomic E-state index is 11.0. The van der Waals surface area contributed by atoms with Gasteiger partial charge in [0.05, 0.1) is 12.6 Å². The molecule has 0 saturated heterocycles. The van der Waals surface area contributed by atoms with E-state index >= 15 is 0 Å². The minimum absolute atomic E-state index is 0.0210. The van der Waals surface area contributed by atoms with Crippen LogP contribution in [0.4, 0.5) is 5.82 Å². The number of amides is 1. The van der Waals surface area contributed by atoms with Gasteiger partial charge in [-0.15, -0.1) is 0 Å². The van der Waals surface area contributed by atoms with Gasteiger partial charge in [0.15, 0.2) is 5.82 Å². The lowest BCUT2D eigenvalue weighted by Gasteiger charge is -2.10. The highest BCUT2D eigenvalue weighted by molar-refractivity contribution is 9.10. The Morgan fingerprint density at radius 2 is 1.90 bits per heavy atom. The average Bonchev–Trinajstić information content (AvgIpc) is 2.72. The summed E-state index contributed by atoms with van der Waals surface area (Å²) < 4.78 is 6.16. The Kier molecular flexibility index (Phi) is 7.19. The van der Waals surface area contributed by atoms with Gasteiger partial charge in [0, 0.05) is 29.9 Å². The minimum Gasteiger partial charge on any atom is -0.497 e. The summed E-state index contributed by atoms with van der Waals surface area (Å²) in [6.45, 7) is 2.84. The molecule has 0 aliphatic carbocycles. The Bertz CT molecular complexity index is 1020. The third kappa shape index (κ3) is 6.02. The minimum atomic E-state index is -0.0210. The first-order valence-electron chi connectivity index (χ1n) is 9.33. The van der Waals surface area contributed by atoms with Gasteiger partial charge in [0.25, 0.3) is 0 Å². The third-order valence-corrected chi connectivity index (χ3v) is 4.73. The van der Waals surface area contributed by atoms with Crippen LogP contribution < -0.4 is 15.4 Å². The van der Waals surface area contributed by atoms with Crippen molar-refractivity contribution in [3.05, 3.63) is 58.3 Å². The molecule has 3 rings (SSSR count). The van der Waals surface area contributed by atoms with E-state index in [1.165, 1.54) is 6.92 Å². The molecule has 1 amide bonds. The average molecular weight is 455 g/mol. The lowest BCUT2D eigenvalue weighted by atomic mass is 10.2. The Balaban J connectivity index is 1.80. The first kappa shape index (κ1) is 20.8. The molecule has 0 atom stereocenters. The van der Waals surface area contributed by atoms with Crippen LogP contribution in [-0.4, -0.2) is 36.1 Å². The third-order valence-electron chi connectivity index (χ3n) is 4.24. The summed E-state index contributed by atoms with van der Waals surface area (Å²) in [5, 5.41) is 7.11. The fourth-order valence-electron chi connectivity index (χ4n) is 2.77. The van der Waals surface area contributed by atoms with E-state index in [1.54, 1.807) is 7.11 Å². The SMILES string of the molecule is COc1ccc(/C=C/c2nc(NCCCNC(C)=O)c3cc(Br)ccc3n2)cc1. The zero-order chi connectivity index (χ0) is 20.6. The van der Waals surface area contributed by atoms with Gasteiger partial charge in [-0.25, -0.2) is 9.97 Å². The van der Waals surface area contributed by atoms with Crippen LogP contribution in [-0.2, 0) is 4.79 Å². The van der Waals surface area contributed by atoms with Crippen LogP contribution in [0.3, 0.4) is 0 Å². The van der Waals surface area contributed by atoms with Crippen LogP contribution >= 0.6 is 15.9 Å². The van der Waals surface area contributed by atoms with Crippen LogP contribution in [0.25, 0.3) is 23.1 Å². The molecule has 2 N–H and O–H groups in total. The summed E-state index contributed by atoms with van der Waals surface area (Å²) in [6, 6.07) is 13.7. The number of carbonyl (C=O) groups excluding carboxylic acids is 1. The highest BCUT2D eigenvalue weighted by atomic mass is 79.9. The van der Waals surface area contributed by atoms with Gasteiger partial charge in [-0.05, 0) is 48.4 Å². The predicted molar refractivity (Wildman–Crippen MR) is 121 cm³/mol. The van der Waals surface area contributed by atoms with E-state index in [-0.39, 0.29) is 5.91 Å². The van der Waals surface area contributed by atoms with E-state index in [0.29, 0.717) is 18.9 Å². The van der Waals surface area contributed by atoms with Crippen LogP contribution in [0.15, 0.2) is 46.9 Å². The molecule has 0 saturated carbocycles. The molecule has 0 aliphatic rings. The number of carbonyl (C=O) groups is 1. The Morgan fingerprint density at radius 3 is 2.62 bits per heavy atom. The highest BCUT2D eigenvalue weighted by Gasteiger charge is 2.07. The van der Waals surface area contributed by atoms with Gasteiger partial charge in [0.1, 0.15) is 11.6 Å². The smallest absolute Gasteiger partial charge is 0.216 e. The monoisotopic (exact) mass is 454 g/mol. The molecule has 6 nitrogen and oxygen atoms in total. The number of halogens is 1. The first-order chi connectivity index (χ1) is 14.0. The maximum absolute atomic E-state index is 11.0. The number of ether oxygens (including phenoxy) is 1. The number of nitrogens with zero attached hydrogens (tertiary/aromatic N) is 2. The standard InChI is InChI=1S/C22H23BrN4O2/c1-15(28)24-12-3-13-25-22-19-14-17(23)7-10-20(19)26-21(27-22)11-6-16-4-8-18(29-2)9-5-16/h4-11,14H,3,12-13H2,1-2H3,(H,24,28)(H,25,26,27)/b11-6+. The van der Waals surface area contributed by atoms with E-state index in [0.717, 1.165) is 38.9 Å². The summed E-state index contributed by atoms with van der Waals surface area (Å²) in [6.07, 6.45) is 4.67. The predicted octanol–water partition coefficient (Wildman–Crippen LogP) is 4.51. The number of rotatable bonds is 8. The summed E-state index contributed by atoms with van der Waals surface area (Å²) >= 11 is 3.51. The number of methoxy groups -OCH3 is 1. The second kappa shape index (κ2) is 10.0. The summed E-state index contributed by atoms with van der Waals surface area (Å²) in [7, 11) is 1.65. The van der Waals surface area contributed by atoms with Gasteiger partial charge in [-0.2, -0.15) is 0 Å². The summed E-state index contributed by atoms with van der Waals surface area (Å²) in [4.78, 5) is 20.3. The molecule has 0 unspecified atom stereocenters. The molecule has 29 heavy (non-hydrogen) atoms. The van der Waals surface area contributed by atoms with Crippen molar-refractivity contribution in [2.24, 2.45) is 0 Å². The maximum Gasteiger partial charge on any atom is 0.216 e. The molecule has 150 valence electrons. The van der Waals surface area contributed by atoms with Gasteiger partial charge >= 0.3 is 0 Å². The van der Waals surface area contributed by atoms with E-state index in [1.807, 2.05) is 54.6 Å². The number of benzene rings is 2. The molecule has 0 radical (unpaired) electrons. The second-order valence-electron chi connectivity index (χ2n) is 6.46. The molecule has 1 aromatic heterocycles. The highest BCUT2D eigenvalue weighted by Crippen LogP contribution is 2.25. The normalized spacial score (nSPS) is 11.0. The van der Waals surface area contributed by atoms with E-state index < -0.39 is 0 Å². The molecular formula is C22H23BrN4O2. The number of fused-ring (bicyclic) bond motifs is 1. The fraction of sp³-hybridized carbons (Fsp3) is 0.227. The molecule has 0 bridgehead atoms. The molecule has 1 heterocycles. The zero-order valence-corrected chi connectivity index (χ0v) is 18.0. The second-order valence-corrected chi connectivity index (χ2v) is 7.38. The molecule has 2 aromatic carbocycles. The Labute approximate surface area is 178 Å². The summed E-state index contributed by atoms with van der Waals surface area (Å²) in [5.74, 6) is 2.20. The lowest BCUT2D eigenvalue weighted by Crippen LogP contribution is -2.22. The molecule has 0 aliphatic heterocycles. The summed E-state index contributed by atoms with van der Waals surface area (Å²) in [5.41, 5.74) is 1.90. The van der Waals surface area contributed by atoms with E-state index in [2.05, 4.69) is 36.5 Å². The van der Waals surface area contributed by atoms with Crippen molar-refractivity contribution in [3.63, 3.8) is 0 Å². The Morgan fingerprint density at radius 1 is 1.10 bits per heavy atom. The number of anilines is 1. The van der Waals surface area contributed by atoms with Crippen LogP contribution in [0.5, 0.6) is 5.75 Å². The van der Waals surface area contributed by atoms with Gasteiger partial charge in [-0.3, -0.25) is 4.79 Å². The van der Waals surface area contributed by atoms with Gasteiger partial charge < -0.3 is 15.4 Å². The first-order valence-corrected chi connectivity index (χ1v) is 10.1. The van der Waals surface area contributed by atoms with Crippen LogP contribution in [0.1, 0.15) is 24.7 Å². The van der Waals surface area contributed by atoms with E-state index in [9.17, 15) is 4.79 Å². The molecule has 3 aromatic rings. The fourth-order valence-corrected chi connectivity index (χ4v) is 3.13. The van der Waals surface area contributed by atoms with Crippen molar-refractivity contribution in [2.75, 3.05) is 25.5 Å². The Hall–Kier alpha value is -2.93. The largest absolute Gasteiger partial charge is 0.497 e. The number of aromatic nitrogens is 2. The van der Waals surface area contributed by atoms with Crippen molar-refractivity contribution >= 4 is 50.7 Å². The molecule has 0 spiro atoms. The van der Waals surface area contributed by atoms with Crippen molar-refractivity contribution in [1.82, 2.24) is 15.3 Å². The topological polar surface area (TPSA) is 76.1 Å².